The molecule has 2 aliphatic rings. The minimum Gasteiger partial charge on any atom is -0.389 e. The van der Waals surface area contributed by atoms with E-state index in [1.807, 2.05) is 0 Å². The van der Waals surface area contributed by atoms with Gasteiger partial charge in [-0.1, -0.05) is 26.2 Å². The molecule has 0 aromatic heterocycles. The van der Waals surface area contributed by atoms with Crippen molar-refractivity contribution in [3.05, 3.63) is 0 Å². The number of unbranched alkanes of at least 4 members (excludes halogenated alkanes) is 3. The van der Waals surface area contributed by atoms with Gasteiger partial charge in [-0.3, -0.25) is 0 Å². The van der Waals surface area contributed by atoms with Crippen molar-refractivity contribution in [2.24, 2.45) is 0 Å². The molecule has 0 amide bonds. The summed E-state index contributed by atoms with van der Waals surface area (Å²) < 4.78 is 0. The van der Waals surface area contributed by atoms with Crippen molar-refractivity contribution in [1.29, 1.82) is 0 Å². The van der Waals surface area contributed by atoms with E-state index in [-0.39, 0.29) is 0 Å². The van der Waals surface area contributed by atoms with Gasteiger partial charge in [-0.2, -0.15) is 11.8 Å². The van der Waals surface area contributed by atoms with Crippen LogP contribution in [0.15, 0.2) is 0 Å². The average Bonchev–Trinajstić information content (AvgIpc) is 2.33. The molecule has 2 rings (SSSR count). The fourth-order valence-corrected chi connectivity index (χ4v) is 5.10. The fourth-order valence-electron chi connectivity index (χ4n) is 3.14. The molecular weight excluding hydrogens is 240 g/mol. The van der Waals surface area contributed by atoms with E-state index in [9.17, 15) is 5.11 Å². The van der Waals surface area contributed by atoms with E-state index < -0.39 is 5.60 Å². The van der Waals surface area contributed by atoms with E-state index in [1.165, 1.54) is 38.5 Å². The Kier molecular flexibility index (Phi) is 5.45. The minimum atomic E-state index is -0.473. The van der Waals surface area contributed by atoms with Gasteiger partial charge in [0.05, 0.1) is 5.60 Å². The normalized spacial score (nSPS) is 34.8. The zero-order valence-electron chi connectivity index (χ0n) is 11.6. The van der Waals surface area contributed by atoms with Gasteiger partial charge in [-0.25, -0.2) is 0 Å². The van der Waals surface area contributed by atoms with Crippen LogP contribution in [0.2, 0.25) is 0 Å². The summed E-state index contributed by atoms with van der Waals surface area (Å²) in [5, 5.41) is 12.1. The van der Waals surface area contributed by atoms with Crippen LogP contribution in [0.25, 0.3) is 0 Å². The summed E-state index contributed by atoms with van der Waals surface area (Å²) in [5.74, 6) is 6.48. The third kappa shape index (κ3) is 4.21. The molecular formula is C16H26OS. The SMILES string of the molecule is CCCCCC#CCC1(O)CC2CCCC(C1)S2. The van der Waals surface area contributed by atoms with Gasteiger partial charge < -0.3 is 5.11 Å². The average molecular weight is 266 g/mol. The second-order valence-corrected chi connectivity index (χ2v) is 7.54. The Hall–Kier alpha value is -0.130. The molecule has 2 heterocycles. The summed E-state index contributed by atoms with van der Waals surface area (Å²) in [6.07, 6.45) is 11.4. The Bertz CT molecular complexity index is 303. The number of hydrogen-bond donors (Lipinski definition) is 1. The maximum atomic E-state index is 10.7. The third-order valence-electron chi connectivity index (χ3n) is 4.10. The van der Waals surface area contributed by atoms with Crippen molar-refractivity contribution < 1.29 is 5.11 Å². The smallest absolute Gasteiger partial charge is 0.0777 e. The Morgan fingerprint density at radius 2 is 1.89 bits per heavy atom. The number of thioether (sulfide) groups is 1. The molecule has 0 aromatic carbocycles. The van der Waals surface area contributed by atoms with Crippen LogP contribution >= 0.6 is 11.8 Å². The van der Waals surface area contributed by atoms with Crippen molar-refractivity contribution in [3.63, 3.8) is 0 Å². The summed E-state index contributed by atoms with van der Waals surface area (Å²) in [6.45, 7) is 2.22. The van der Waals surface area contributed by atoms with Crippen molar-refractivity contribution in [2.75, 3.05) is 0 Å². The number of rotatable bonds is 4. The van der Waals surface area contributed by atoms with Crippen molar-refractivity contribution in [1.82, 2.24) is 0 Å². The van der Waals surface area contributed by atoms with Crippen molar-refractivity contribution in [3.8, 4) is 11.8 Å². The molecule has 18 heavy (non-hydrogen) atoms. The van der Waals surface area contributed by atoms with Gasteiger partial charge in [-0.05, 0) is 32.1 Å². The van der Waals surface area contributed by atoms with Crippen LogP contribution in [-0.4, -0.2) is 21.2 Å². The van der Waals surface area contributed by atoms with Gasteiger partial charge in [0.2, 0.25) is 0 Å². The zero-order chi connectivity index (χ0) is 12.8. The second-order valence-electron chi connectivity index (χ2n) is 5.93. The maximum Gasteiger partial charge on any atom is 0.0777 e. The highest BCUT2D eigenvalue weighted by atomic mass is 32.2. The molecule has 0 aromatic rings. The number of hydrogen-bond acceptors (Lipinski definition) is 2. The topological polar surface area (TPSA) is 20.2 Å². The van der Waals surface area contributed by atoms with Crippen LogP contribution in [0.5, 0.6) is 0 Å². The molecule has 0 saturated carbocycles. The van der Waals surface area contributed by atoms with E-state index in [0.717, 1.165) is 19.3 Å². The maximum absolute atomic E-state index is 10.7. The first kappa shape index (κ1) is 14.3. The molecule has 102 valence electrons. The van der Waals surface area contributed by atoms with Gasteiger partial charge in [0.25, 0.3) is 0 Å². The lowest BCUT2D eigenvalue weighted by molar-refractivity contribution is 0.0175. The summed E-state index contributed by atoms with van der Waals surface area (Å²) in [5.41, 5.74) is -0.473. The quantitative estimate of drug-likeness (QED) is 0.609. The van der Waals surface area contributed by atoms with Crippen molar-refractivity contribution in [2.45, 2.75) is 87.2 Å². The Balaban J connectivity index is 1.77. The van der Waals surface area contributed by atoms with Gasteiger partial charge in [0, 0.05) is 23.3 Å². The standard InChI is InChI=1S/C16H26OS/c1-2-3-4-5-6-7-11-16(17)12-14-9-8-10-15(13-16)18-14/h14-15,17H,2-5,8-13H2,1H3. The van der Waals surface area contributed by atoms with E-state index in [4.69, 9.17) is 0 Å². The summed E-state index contributed by atoms with van der Waals surface area (Å²) in [6, 6.07) is 0. The van der Waals surface area contributed by atoms with E-state index in [0.29, 0.717) is 16.9 Å². The van der Waals surface area contributed by atoms with Crippen LogP contribution in [0, 0.1) is 11.8 Å². The zero-order valence-corrected chi connectivity index (χ0v) is 12.4. The number of fused-ring (bicyclic) bond motifs is 2. The van der Waals surface area contributed by atoms with Gasteiger partial charge in [0.15, 0.2) is 0 Å². The third-order valence-corrected chi connectivity index (χ3v) is 5.67. The molecule has 2 aliphatic heterocycles. The predicted octanol–water partition coefficient (Wildman–Crippen LogP) is 4.14. The van der Waals surface area contributed by atoms with Crippen molar-refractivity contribution >= 4 is 11.8 Å². The van der Waals surface area contributed by atoms with E-state index >= 15 is 0 Å². The Labute approximate surface area is 116 Å². The first-order valence-corrected chi connectivity index (χ1v) is 8.50. The molecule has 0 radical (unpaired) electrons. The summed E-state index contributed by atoms with van der Waals surface area (Å²) >= 11 is 2.12. The molecule has 1 nitrogen and oxygen atoms in total. The molecule has 0 aliphatic carbocycles. The monoisotopic (exact) mass is 266 g/mol. The summed E-state index contributed by atoms with van der Waals surface area (Å²) in [4.78, 5) is 0. The van der Waals surface area contributed by atoms with Crippen LogP contribution in [0.4, 0.5) is 0 Å². The molecule has 2 heteroatoms. The highest BCUT2D eigenvalue weighted by Crippen LogP contribution is 2.46. The Morgan fingerprint density at radius 3 is 2.56 bits per heavy atom. The minimum absolute atomic E-state index is 0.473. The number of aliphatic hydroxyl groups is 1. The van der Waals surface area contributed by atoms with E-state index in [2.05, 4.69) is 30.5 Å². The second kappa shape index (κ2) is 6.87. The molecule has 0 spiro atoms. The van der Waals surface area contributed by atoms with Gasteiger partial charge in [0.1, 0.15) is 0 Å². The lowest BCUT2D eigenvalue weighted by Gasteiger charge is -2.43. The van der Waals surface area contributed by atoms with Crippen LogP contribution < -0.4 is 0 Å². The first-order valence-electron chi connectivity index (χ1n) is 7.55. The highest BCUT2D eigenvalue weighted by molar-refractivity contribution is 8.00. The molecule has 2 atom stereocenters. The Morgan fingerprint density at radius 1 is 1.17 bits per heavy atom. The molecule has 1 N–H and O–H groups in total. The summed E-state index contributed by atoms with van der Waals surface area (Å²) in [7, 11) is 0. The van der Waals surface area contributed by atoms with E-state index in [1.54, 1.807) is 0 Å². The highest BCUT2D eigenvalue weighted by Gasteiger charge is 2.40. The molecule has 2 fully saturated rings. The van der Waals surface area contributed by atoms with Crippen LogP contribution in [-0.2, 0) is 0 Å². The molecule has 2 unspecified atom stereocenters. The fraction of sp³-hybridized carbons (Fsp3) is 0.875. The lowest BCUT2D eigenvalue weighted by atomic mass is 9.83. The predicted molar refractivity (Wildman–Crippen MR) is 79.7 cm³/mol. The lowest BCUT2D eigenvalue weighted by Crippen LogP contribution is -2.42. The van der Waals surface area contributed by atoms with Gasteiger partial charge in [-0.15, -0.1) is 11.8 Å². The molecule has 2 saturated heterocycles. The van der Waals surface area contributed by atoms with Gasteiger partial charge >= 0.3 is 0 Å². The first-order chi connectivity index (χ1) is 8.72. The van der Waals surface area contributed by atoms with Crippen LogP contribution in [0.1, 0.15) is 71.1 Å². The largest absolute Gasteiger partial charge is 0.389 e. The molecule has 2 bridgehead atoms. The van der Waals surface area contributed by atoms with Crippen LogP contribution in [0.3, 0.4) is 0 Å².